The molecule has 1 aromatic rings. The summed E-state index contributed by atoms with van der Waals surface area (Å²) in [4.78, 5) is 1.51. The molecule has 15 heavy (non-hydrogen) atoms. The summed E-state index contributed by atoms with van der Waals surface area (Å²) in [6.07, 6.45) is 5.75. The van der Waals surface area contributed by atoms with Gasteiger partial charge in [0.1, 0.15) is 0 Å². The van der Waals surface area contributed by atoms with Crippen LogP contribution in [0.2, 0.25) is 0 Å². The van der Waals surface area contributed by atoms with Crippen molar-refractivity contribution in [2.75, 3.05) is 6.54 Å². The highest BCUT2D eigenvalue weighted by Gasteiger charge is 2.16. The van der Waals surface area contributed by atoms with Crippen LogP contribution in [0.15, 0.2) is 11.4 Å². The van der Waals surface area contributed by atoms with Crippen LogP contribution < -0.4 is 5.32 Å². The standard InChI is InChI=1S/C13H21NS/c1-10-7-8-15-13(10)11(2)14-9-12-5-3-4-6-12/h7-8,11-12,14H,3-6,9H2,1-2H3. The van der Waals surface area contributed by atoms with Crippen LogP contribution in [0.25, 0.3) is 0 Å². The fourth-order valence-corrected chi connectivity index (χ4v) is 3.44. The van der Waals surface area contributed by atoms with Crippen LogP contribution in [-0.2, 0) is 0 Å². The Kier molecular flexibility index (Phi) is 3.81. The van der Waals surface area contributed by atoms with E-state index in [1.165, 1.54) is 42.7 Å². The molecule has 1 aliphatic carbocycles. The van der Waals surface area contributed by atoms with Crippen LogP contribution in [0, 0.1) is 12.8 Å². The van der Waals surface area contributed by atoms with Crippen molar-refractivity contribution in [2.45, 2.75) is 45.6 Å². The van der Waals surface area contributed by atoms with E-state index in [-0.39, 0.29) is 0 Å². The lowest BCUT2D eigenvalue weighted by Gasteiger charge is -2.16. The Morgan fingerprint density at radius 3 is 2.80 bits per heavy atom. The van der Waals surface area contributed by atoms with E-state index in [1.54, 1.807) is 0 Å². The Labute approximate surface area is 96.9 Å². The van der Waals surface area contributed by atoms with Gasteiger partial charge in [0.05, 0.1) is 0 Å². The van der Waals surface area contributed by atoms with Crippen molar-refractivity contribution >= 4 is 11.3 Å². The molecule has 0 aromatic carbocycles. The molecule has 0 amide bonds. The molecule has 0 saturated heterocycles. The second-order valence-electron chi connectivity index (χ2n) is 4.75. The van der Waals surface area contributed by atoms with Crippen molar-refractivity contribution in [2.24, 2.45) is 5.92 Å². The fourth-order valence-electron chi connectivity index (χ4n) is 2.48. The Hall–Kier alpha value is -0.340. The number of hydrogen-bond donors (Lipinski definition) is 1. The maximum absolute atomic E-state index is 3.68. The molecule has 1 atom stereocenters. The number of thiophene rings is 1. The second kappa shape index (κ2) is 5.13. The molecule has 1 fully saturated rings. The van der Waals surface area contributed by atoms with Gasteiger partial charge in [-0.15, -0.1) is 11.3 Å². The van der Waals surface area contributed by atoms with Gasteiger partial charge >= 0.3 is 0 Å². The first kappa shape index (κ1) is 11.2. The number of hydrogen-bond acceptors (Lipinski definition) is 2. The summed E-state index contributed by atoms with van der Waals surface area (Å²) in [5.41, 5.74) is 1.44. The van der Waals surface area contributed by atoms with Gasteiger partial charge < -0.3 is 5.32 Å². The third-order valence-corrected chi connectivity index (χ3v) is 4.68. The molecule has 1 unspecified atom stereocenters. The van der Waals surface area contributed by atoms with Crippen LogP contribution in [0.3, 0.4) is 0 Å². The SMILES string of the molecule is Cc1ccsc1C(C)NCC1CCCC1. The van der Waals surface area contributed by atoms with Gasteiger partial charge in [0.25, 0.3) is 0 Å². The van der Waals surface area contributed by atoms with Gasteiger partial charge in [0.15, 0.2) is 0 Å². The van der Waals surface area contributed by atoms with Crippen molar-refractivity contribution in [1.82, 2.24) is 5.32 Å². The monoisotopic (exact) mass is 223 g/mol. The molecule has 84 valence electrons. The smallest absolute Gasteiger partial charge is 0.0388 e. The van der Waals surface area contributed by atoms with Crippen LogP contribution in [0.1, 0.15) is 49.1 Å². The second-order valence-corrected chi connectivity index (χ2v) is 5.70. The summed E-state index contributed by atoms with van der Waals surface area (Å²) in [6, 6.07) is 2.75. The highest BCUT2D eigenvalue weighted by Crippen LogP contribution is 2.26. The predicted molar refractivity (Wildman–Crippen MR) is 67.4 cm³/mol. The lowest BCUT2D eigenvalue weighted by molar-refractivity contribution is 0.455. The summed E-state index contributed by atoms with van der Waals surface area (Å²) in [7, 11) is 0. The maximum atomic E-state index is 3.68. The van der Waals surface area contributed by atoms with Crippen LogP contribution >= 0.6 is 11.3 Å². The molecule has 1 aliphatic rings. The molecule has 2 heteroatoms. The topological polar surface area (TPSA) is 12.0 Å². The van der Waals surface area contributed by atoms with E-state index in [0.717, 1.165) is 5.92 Å². The van der Waals surface area contributed by atoms with Crippen LogP contribution in [-0.4, -0.2) is 6.54 Å². The van der Waals surface area contributed by atoms with Gasteiger partial charge in [-0.3, -0.25) is 0 Å². The van der Waals surface area contributed by atoms with Crippen LogP contribution in [0.4, 0.5) is 0 Å². The number of nitrogens with one attached hydrogen (secondary N) is 1. The average Bonchev–Trinajstić information content (AvgIpc) is 2.84. The molecule has 0 bridgehead atoms. The van der Waals surface area contributed by atoms with Crippen molar-refractivity contribution in [1.29, 1.82) is 0 Å². The Morgan fingerprint density at radius 1 is 1.47 bits per heavy atom. The minimum atomic E-state index is 0.533. The molecule has 0 spiro atoms. The lowest BCUT2D eigenvalue weighted by atomic mass is 10.1. The Morgan fingerprint density at radius 2 is 2.20 bits per heavy atom. The quantitative estimate of drug-likeness (QED) is 0.816. The highest BCUT2D eigenvalue weighted by atomic mass is 32.1. The summed E-state index contributed by atoms with van der Waals surface area (Å²) in [5.74, 6) is 0.938. The normalized spacial score (nSPS) is 19.6. The summed E-state index contributed by atoms with van der Waals surface area (Å²) in [6.45, 7) is 5.70. The highest BCUT2D eigenvalue weighted by molar-refractivity contribution is 7.10. The molecular weight excluding hydrogens is 202 g/mol. The molecule has 1 heterocycles. The van der Waals surface area contributed by atoms with Crippen molar-refractivity contribution < 1.29 is 0 Å². The molecule has 1 saturated carbocycles. The van der Waals surface area contributed by atoms with Gasteiger partial charge in [-0.05, 0) is 56.2 Å². The first-order chi connectivity index (χ1) is 7.27. The van der Waals surface area contributed by atoms with E-state index in [9.17, 15) is 0 Å². The minimum Gasteiger partial charge on any atom is -0.309 e. The zero-order valence-electron chi connectivity index (χ0n) is 9.75. The van der Waals surface area contributed by atoms with E-state index in [1.807, 2.05) is 11.3 Å². The van der Waals surface area contributed by atoms with Crippen LogP contribution in [0.5, 0.6) is 0 Å². The number of rotatable bonds is 4. The van der Waals surface area contributed by atoms with Gasteiger partial charge in [-0.25, -0.2) is 0 Å². The molecular formula is C13H21NS. The van der Waals surface area contributed by atoms with E-state index >= 15 is 0 Å². The zero-order valence-corrected chi connectivity index (χ0v) is 10.6. The lowest BCUT2D eigenvalue weighted by Crippen LogP contribution is -2.24. The third kappa shape index (κ3) is 2.82. The largest absolute Gasteiger partial charge is 0.309 e. The van der Waals surface area contributed by atoms with Gasteiger partial charge in [0.2, 0.25) is 0 Å². The molecule has 1 nitrogen and oxygen atoms in total. The van der Waals surface area contributed by atoms with E-state index < -0.39 is 0 Å². The minimum absolute atomic E-state index is 0.533. The van der Waals surface area contributed by atoms with Crippen molar-refractivity contribution in [3.8, 4) is 0 Å². The Balaban J connectivity index is 1.81. The summed E-state index contributed by atoms with van der Waals surface area (Å²) in [5, 5.41) is 5.87. The summed E-state index contributed by atoms with van der Waals surface area (Å²) >= 11 is 1.88. The van der Waals surface area contributed by atoms with Gasteiger partial charge in [-0.1, -0.05) is 12.8 Å². The fraction of sp³-hybridized carbons (Fsp3) is 0.692. The summed E-state index contributed by atoms with van der Waals surface area (Å²) < 4.78 is 0. The molecule has 1 aromatic heterocycles. The first-order valence-electron chi connectivity index (χ1n) is 6.04. The molecule has 2 rings (SSSR count). The molecule has 1 N–H and O–H groups in total. The average molecular weight is 223 g/mol. The van der Waals surface area contributed by atoms with E-state index in [4.69, 9.17) is 0 Å². The van der Waals surface area contributed by atoms with E-state index in [0.29, 0.717) is 6.04 Å². The zero-order chi connectivity index (χ0) is 10.7. The van der Waals surface area contributed by atoms with Gasteiger partial charge in [-0.2, -0.15) is 0 Å². The molecule has 0 aliphatic heterocycles. The number of aryl methyl sites for hydroxylation is 1. The maximum Gasteiger partial charge on any atom is 0.0388 e. The van der Waals surface area contributed by atoms with E-state index in [2.05, 4.69) is 30.6 Å². The van der Waals surface area contributed by atoms with Gasteiger partial charge in [0, 0.05) is 10.9 Å². The van der Waals surface area contributed by atoms with Crippen molar-refractivity contribution in [3.05, 3.63) is 21.9 Å². The Bertz CT molecular complexity index is 299. The third-order valence-electron chi connectivity index (χ3n) is 3.48. The van der Waals surface area contributed by atoms with Crippen molar-refractivity contribution in [3.63, 3.8) is 0 Å². The predicted octanol–water partition coefficient (Wildman–Crippen LogP) is 3.90. The first-order valence-corrected chi connectivity index (χ1v) is 6.92. The molecule has 0 radical (unpaired) electrons.